The summed E-state index contributed by atoms with van der Waals surface area (Å²) in [5.41, 5.74) is 0.725. The maximum atomic E-state index is 12.4. The average molecular weight is 306 g/mol. The molecule has 1 aliphatic heterocycles. The van der Waals surface area contributed by atoms with Gasteiger partial charge in [0.1, 0.15) is 0 Å². The molecule has 2 heterocycles. The molecule has 2 rings (SSSR count). The van der Waals surface area contributed by atoms with Crippen molar-refractivity contribution in [3.63, 3.8) is 0 Å². The van der Waals surface area contributed by atoms with Crippen LogP contribution >= 0.6 is 11.6 Å². The summed E-state index contributed by atoms with van der Waals surface area (Å²) >= 11 is 5.68. The second kappa shape index (κ2) is 5.83. The highest BCUT2D eigenvalue weighted by Gasteiger charge is 2.30. The predicted octanol–water partition coefficient (Wildman–Crippen LogP) is 1.47. The summed E-state index contributed by atoms with van der Waals surface area (Å²) < 4.78 is 26.4. The number of hydrogen-bond donors (Lipinski definition) is 1. The maximum absolute atomic E-state index is 12.4. The maximum Gasteiger partial charge on any atom is 0.244 e. The zero-order chi connectivity index (χ0) is 14.0. The fourth-order valence-electron chi connectivity index (χ4n) is 2.39. The molecule has 0 aromatic carbocycles. The number of aromatic amines is 1. The minimum atomic E-state index is -3.38. The standard InChI is InChI=1S/C12H20ClN3O2S/c1-15(2)11-3-5-16(6-4-11)19(17,18)12-7-10(8-13)14-9-12/h7,9,11,14H,3-6,8H2,1-2H3. The van der Waals surface area contributed by atoms with Gasteiger partial charge in [-0.2, -0.15) is 4.31 Å². The molecule has 0 atom stereocenters. The summed E-state index contributed by atoms with van der Waals surface area (Å²) in [6, 6.07) is 2.08. The number of nitrogens with zero attached hydrogens (tertiary/aromatic N) is 2. The molecule has 5 nitrogen and oxygen atoms in total. The second-order valence-corrected chi connectivity index (χ2v) is 7.30. The molecule has 0 unspecified atom stereocenters. The van der Waals surface area contributed by atoms with Crippen molar-refractivity contribution < 1.29 is 8.42 Å². The van der Waals surface area contributed by atoms with Crippen LogP contribution in [0.3, 0.4) is 0 Å². The SMILES string of the molecule is CN(C)C1CCN(S(=O)(=O)c2c[nH]c(CCl)c2)CC1. The molecule has 0 radical (unpaired) electrons. The van der Waals surface area contributed by atoms with Crippen LogP contribution in [0.25, 0.3) is 0 Å². The first-order valence-electron chi connectivity index (χ1n) is 6.35. The molecule has 7 heteroatoms. The van der Waals surface area contributed by atoms with Crippen LogP contribution in [0, 0.1) is 0 Å². The Morgan fingerprint density at radius 1 is 1.42 bits per heavy atom. The van der Waals surface area contributed by atoms with Gasteiger partial charge in [0.05, 0.1) is 10.8 Å². The van der Waals surface area contributed by atoms with Crippen LogP contribution in [-0.2, 0) is 15.9 Å². The first-order valence-corrected chi connectivity index (χ1v) is 8.32. The number of rotatable bonds is 4. The minimum Gasteiger partial charge on any atom is -0.363 e. The van der Waals surface area contributed by atoms with Gasteiger partial charge in [0.15, 0.2) is 0 Å². The molecule has 1 fully saturated rings. The van der Waals surface area contributed by atoms with Crippen LogP contribution in [0.1, 0.15) is 18.5 Å². The molecule has 1 aromatic heterocycles. The van der Waals surface area contributed by atoms with E-state index in [9.17, 15) is 8.42 Å². The van der Waals surface area contributed by atoms with E-state index in [-0.39, 0.29) is 5.88 Å². The molecule has 19 heavy (non-hydrogen) atoms. The van der Waals surface area contributed by atoms with E-state index in [1.807, 2.05) is 14.1 Å². The first kappa shape index (κ1) is 14.8. The lowest BCUT2D eigenvalue weighted by Gasteiger charge is -2.34. The van der Waals surface area contributed by atoms with E-state index in [1.165, 1.54) is 6.20 Å². The number of alkyl halides is 1. The Bertz CT molecular complexity index is 519. The van der Waals surface area contributed by atoms with Crippen molar-refractivity contribution in [1.29, 1.82) is 0 Å². The lowest BCUT2D eigenvalue weighted by Crippen LogP contribution is -2.44. The summed E-state index contributed by atoms with van der Waals surface area (Å²) in [5.74, 6) is 0.290. The number of H-pyrrole nitrogens is 1. The van der Waals surface area contributed by atoms with Gasteiger partial charge in [0.25, 0.3) is 0 Å². The number of nitrogens with one attached hydrogen (secondary N) is 1. The molecule has 0 amide bonds. The van der Waals surface area contributed by atoms with Gasteiger partial charge in [0, 0.05) is 31.0 Å². The molecule has 1 N–H and O–H groups in total. The summed E-state index contributed by atoms with van der Waals surface area (Å²) in [5, 5.41) is 0. The average Bonchev–Trinajstić information content (AvgIpc) is 2.88. The monoisotopic (exact) mass is 305 g/mol. The Labute approximate surface area is 119 Å². The number of sulfonamides is 1. The highest BCUT2D eigenvalue weighted by molar-refractivity contribution is 7.89. The first-order chi connectivity index (χ1) is 8.95. The lowest BCUT2D eigenvalue weighted by atomic mass is 10.1. The molecular formula is C12H20ClN3O2S. The smallest absolute Gasteiger partial charge is 0.244 e. The third-order valence-electron chi connectivity index (χ3n) is 3.65. The third kappa shape index (κ3) is 3.13. The van der Waals surface area contributed by atoms with Crippen LogP contribution < -0.4 is 0 Å². The van der Waals surface area contributed by atoms with E-state index in [1.54, 1.807) is 10.4 Å². The normalized spacial score (nSPS) is 19.2. The Kier molecular flexibility index (Phi) is 4.55. The Morgan fingerprint density at radius 2 is 2.05 bits per heavy atom. The molecule has 1 saturated heterocycles. The molecule has 1 aliphatic rings. The van der Waals surface area contributed by atoms with Crippen molar-refractivity contribution in [2.75, 3.05) is 27.2 Å². The van der Waals surface area contributed by atoms with Gasteiger partial charge in [-0.05, 0) is 33.0 Å². The number of halogens is 1. The fraction of sp³-hybridized carbons (Fsp3) is 0.667. The summed E-state index contributed by atoms with van der Waals surface area (Å²) in [6.45, 7) is 1.15. The molecule has 0 saturated carbocycles. The molecule has 0 bridgehead atoms. The zero-order valence-corrected chi connectivity index (χ0v) is 12.8. The van der Waals surface area contributed by atoms with Crippen LogP contribution in [0.5, 0.6) is 0 Å². The summed E-state index contributed by atoms with van der Waals surface area (Å²) in [7, 11) is 0.695. The van der Waals surface area contributed by atoms with Gasteiger partial charge >= 0.3 is 0 Å². The fourth-order valence-corrected chi connectivity index (χ4v) is 4.04. The highest BCUT2D eigenvalue weighted by Crippen LogP contribution is 2.23. The van der Waals surface area contributed by atoms with Crippen molar-refractivity contribution in [3.05, 3.63) is 18.0 Å². The van der Waals surface area contributed by atoms with Gasteiger partial charge in [-0.1, -0.05) is 0 Å². The predicted molar refractivity (Wildman–Crippen MR) is 75.8 cm³/mol. The van der Waals surface area contributed by atoms with Crippen LogP contribution in [0.4, 0.5) is 0 Å². The van der Waals surface area contributed by atoms with E-state index in [4.69, 9.17) is 11.6 Å². The molecule has 108 valence electrons. The number of hydrogen-bond acceptors (Lipinski definition) is 3. The molecule has 0 aliphatic carbocycles. The molecular weight excluding hydrogens is 286 g/mol. The van der Waals surface area contributed by atoms with Gasteiger partial charge in [-0.25, -0.2) is 8.42 Å². The van der Waals surface area contributed by atoms with Crippen LogP contribution in [0.15, 0.2) is 17.2 Å². The van der Waals surface area contributed by atoms with Crippen molar-refractivity contribution in [3.8, 4) is 0 Å². The van der Waals surface area contributed by atoms with E-state index >= 15 is 0 Å². The third-order valence-corrected chi connectivity index (χ3v) is 5.82. The summed E-state index contributed by atoms with van der Waals surface area (Å²) in [6.07, 6.45) is 3.27. The van der Waals surface area contributed by atoms with E-state index in [2.05, 4.69) is 9.88 Å². The van der Waals surface area contributed by atoms with Crippen molar-refractivity contribution >= 4 is 21.6 Å². The summed E-state index contributed by atoms with van der Waals surface area (Å²) in [4.78, 5) is 5.35. The van der Waals surface area contributed by atoms with Gasteiger partial charge in [-0.15, -0.1) is 11.6 Å². The Morgan fingerprint density at radius 3 is 2.53 bits per heavy atom. The van der Waals surface area contributed by atoms with Crippen molar-refractivity contribution in [1.82, 2.24) is 14.2 Å². The van der Waals surface area contributed by atoms with Crippen LogP contribution in [0.2, 0.25) is 0 Å². The minimum absolute atomic E-state index is 0.290. The number of piperidine rings is 1. The van der Waals surface area contributed by atoms with Gasteiger partial charge in [-0.3, -0.25) is 0 Å². The lowest BCUT2D eigenvalue weighted by molar-refractivity contribution is 0.196. The Balaban J connectivity index is 2.09. The van der Waals surface area contributed by atoms with E-state index in [0.29, 0.717) is 24.0 Å². The van der Waals surface area contributed by atoms with Gasteiger partial charge in [0.2, 0.25) is 10.0 Å². The Hall–Kier alpha value is -0.560. The van der Waals surface area contributed by atoms with E-state index in [0.717, 1.165) is 18.5 Å². The van der Waals surface area contributed by atoms with Gasteiger partial charge < -0.3 is 9.88 Å². The quantitative estimate of drug-likeness (QED) is 0.857. The largest absolute Gasteiger partial charge is 0.363 e. The molecule has 0 spiro atoms. The van der Waals surface area contributed by atoms with E-state index < -0.39 is 10.0 Å². The van der Waals surface area contributed by atoms with Crippen molar-refractivity contribution in [2.24, 2.45) is 0 Å². The molecule has 1 aromatic rings. The second-order valence-electron chi connectivity index (χ2n) is 5.09. The topological polar surface area (TPSA) is 56.4 Å². The zero-order valence-electron chi connectivity index (χ0n) is 11.3. The number of aromatic nitrogens is 1. The van der Waals surface area contributed by atoms with Crippen molar-refractivity contribution in [2.45, 2.75) is 29.7 Å². The highest BCUT2D eigenvalue weighted by atomic mass is 35.5. The van der Waals surface area contributed by atoms with Crippen LogP contribution in [-0.4, -0.2) is 55.8 Å².